The summed E-state index contributed by atoms with van der Waals surface area (Å²) in [4.78, 5) is 26.2. The number of benzene rings is 1. The molecule has 0 radical (unpaired) electrons. The van der Waals surface area contributed by atoms with Gasteiger partial charge in [-0.3, -0.25) is 14.5 Å². The van der Waals surface area contributed by atoms with Crippen LogP contribution in [0.2, 0.25) is 0 Å². The summed E-state index contributed by atoms with van der Waals surface area (Å²) in [6, 6.07) is 2.86. The number of hydrogen-bond acceptors (Lipinski definition) is 2. The summed E-state index contributed by atoms with van der Waals surface area (Å²) < 4.78 is 14.1. The number of carbonyl (C=O) groups excluding carboxylic acids is 2. The number of carbonyl (C=O) groups is 2. The summed E-state index contributed by atoms with van der Waals surface area (Å²) in [7, 11) is 0. The Hall–Kier alpha value is -1.43. The molecule has 3 unspecified atom stereocenters. The molecule has 1 aliphatic rings. The molecular formula is C15H18BrFN2O2. The molecule has 0 spiro atoms. The quantitative estimate of drug-likeness (QED) is 0.905. The Morgan fingerprint density at radius 3 is 2.71 bits per heavy atom. The van der Waals surface area contributed by atoms with Crippen molar-refractivity contribution in [1.29, 1.82) is 0 Å². The second-order valence-electron chi connectivity index (χ2n) is 5.35. The van der Waals surface area contributed by atoms with E-state index >= 15 is 0 Å². The monoisotopic (exact) mass is 356 g/mol. The van der Waals surface area contributed by atoms with Crippen molar-refractivity contribution in [2.45, 2.75) is 39.3 Å². The van der Waals surface area contributed by atoms with Gasteiger partial charge in [-0.1, -0.05) is 20.3 Å². The van der Waals surface area contributed by atoms with Gasteiger partial charge in [-0.25, -0.2) is 4.39 Å². The molecule has 1 saturated heterocycles. The summed E-state index contributed by atoms with van der Waals surface area (Å²) in [5.74, 6) is -0.859. The number of halogens is 2. The van der Waals surface area contributed by atoms with Crippen LogP contribution in [0.1, 0.15) is 27.2 Å². The topological polar surface area (TPSA) is 49.4 Å². The molecule has 2 amide bonds. The molecule has 3 atom stereocenters. The van der Waals surface area contributed by atoms with Crippen molar-refractivity contribution >= 4 is 33.4 Å². The normalized spacial score (nSPS) is 24.0. The largest absolute Gasteiger partial charge is 0.342 e. The highest BCUT2D eigenvalue weighted by molar-refractivity contribution is 9.10. The Bertz CT molecular complexity index is 579. The maximum absolute atomic E-state index is 13.5. The van der Waals surface area contributed by atoms with E-state index in [1.54, 1.807) is 6.92 Å². The molecule has 1 aliphatic heterocycles. The minimum atomic E-state index is -0.670. The van der Waals surface area contributed by atoms with Crippen LogP contribution in [0, 0.1) is 11.7 Å². The lowest BCUT2D eigenvalue weighted by Crippen LogP contribution is -2.64. The number of anilines is 1. The molecule has 0 aliphatic carbocycles. The molecule has 4 nitrogen and oxygen atoms in total. The van der Waals surface area contributed by atoms with Gasteiger partial charge in [0.1, 0.15) is 17.9 Å². The number of nitrogens with zero attached hydrogens (tertiary/aromatic N) is 1. The Labute approximate surface area is 131 Å². The zero-order valence-electron chi connectivity index (χ0n) is 12.2. The van der Waals surface area contributed by atoms with E-state index in [1.807, 2.05) is 13.8 Å². The Morgan fingerprint density at radius 2 is 2.10 bits per heavy atom. The molecule has 0 bridgehead atoms. The van der Waals surface area contributed by atoms with Gasteiger partial charge >= 0.3 is 0 Å². The third-order valence-corrected chi connectivity index (χ3v) is 4.62. The molecule has 2 rings (SSSR count). The average molecular weight is 357 g/mol. The number of rotatable bonds is 3. The minimum absolute atomic E-state index is 0.0174. The van der Waals surface area contributed by atoms with E-state index in [-0.39, 0.29) is 17.7 Å². The SMILES string of the molecule is CCC(C)C1NC(=O)C(C)N(c2cc(F)ccc2Br)C1=O. The predicted molar refractivity (Wildman–Crippen MR) is 82.4 cm³/mol. The van der Waals surface area contributed by atoms with Crippen LogP contribution in [-0.2, 0) is 9.59 Å². The van der Waals surface area contributed by atoms with Gasteiger partial charge in [0.05, 0.1) is 5.69 Å². The Kier molecular flexibility index (Phi) is 4.66. The van der Waals surface area contributed by atoms with Crippen LogP contribution in [0.4, 0.5) is 10.1 Å². The summed E-state index contributed by atoms with van der Waals surface area (Å²) in [5.41, 5.74) is 0.385. The zero-order chi connectivity index (χ0) is 15.7. The third-order valence-electron chi connectivity index (χ3n) is 3.95. The standard InChI is InChI=1S/C15H18BrFN2O2/c1-4-8(2)13-15(21)19(9(3)14(20)18-13)12-7-10(17)5-6-11(12)16/h5-9,13H,4H2,1-3H3,(H,18,20). The van der Waals surface area contributed by atoms with Gasteiger partial charge in [0.25, 0.3) is 5.91 Å². The molecule has 0 aromatic heterocycles. The van der Waals surface area contributed by atoms with E-state index in [0.717, 1.165) is 6.42 Å². The number of nitrogens with one attached hydrogen (secondary N) is 1. The number of piperazine rings is 1. The fraction of sp³-hybridized carbons (Fsp3) is 0.467. The predicted octanol–water partition coefficient (Wildman–Crippen LogP) is 2.85. The number of amides is 2. The molecule has 1 aromatic carbocycles. The lowest BCUT2D eigenvalue weighted by atomic mass is 9.94. The molecule has 21 heavy (non-hydrogen) atoms. The first-order valence-corrected chi connectivity index (χ1v) is 7.74. The first-order chi connectivity index (χ1) is 9.86. The molecular weight excluding hydrogens is 339 g/mol. The average Bonchev–Trinajstić information content (AvgIpc) is 2.46. The maximum Gasteiger partial charge on any atom is 0.250 e. The first-order valence-electron chi connectivity index (χ1n) is 6.95. The zero-order valence-corrected chi connectivity index (χ0v) is 13.8. The van der Waals surface area contributed by atoms with Gasteiger partial charge in [0.15, 0.2) is 0 Å². The van der Waals surface area contributed by atoms with Crippen molar-refractivity contribution in [3.63, 3.8) is 0 Å². The lowest BCUT2D eigenvalue weighted by Gasteiger charge is -2.39. The highest BCUT2D eigenvalue weighted by Crippen LogP contribution is 2.31. The molecule has 1 heterocycles. The van der Waals surface area contributed by atoms with Gasteiger partial charge in [0, 0.05) is 4.47 Å². The van der Waals surface area contributed by atoms with Crippen LogP contribution in [0.25, 0.3) is 0 Å². The molecule has 1 aromatic rings. The third kappa shape index (κ3) is 2.95. The van der Waals surface area contributed by atoms with Crippen molar-refractivity contribution in [2.75, 3.05) is 4.90 Å². The van der Waals surface area contributed by atoms with Gasteiger partial charge < -0.3 is 5.32 Å². The Balaban J connectivity index is 2.46. The first kappa shape index (κ1) is 15.9. The molecule has 1 N–H and O–H groups in total. The lowest BCUT2D eigenvalue weighted by molar-refractivity contribution is -0.134. The van der Waals surface area contributed by atoms with Gasteiger partial charge in [-0.05, 0) is 47.0 Å². The van der Waals surface area contributed by atoms with E-state index in [9.17, 15) is 14.0 Å². The maximum atomic E-state index is 13.5. The van der Waals surface area contributed by atoms with Crippen molar-refractivity contribution in [1.82, 2.24) is 5.32 Å². The second-order valence-corrected chi connectivity index (χ2v) is 6.21. The van der Waals surface area contributed by atoms with Crippen LogP contribution in [0.5, 0.6) is 0 Å². The van der Waals surface area contributed by atoms with E-state index < -0.39 is 17.9 Å². The van der Waals surface area contributed by atoms with Crippen LogP contribution < -0.4 is 10.2 Å². The summed E-state index contributed by atoms with van der Waals surface area (Å²) in [5, 5.41) is 2.76. The van der Waals surface area contributed by atoms with Crippen molar-refractivity contribution in [3.8, 4) is 0 Å². The van der Waals surface area contributed by atoms with Gasteiger partial charge in [0.2, 0.25) is 5.91 Å². The highest BCUT2D eigenvalue weighted by Gasteiger charge is 2.41. The molecule has 114 valence electrons. The summed E-state index contributed by atoms with van der Waals surface area (Å²) in [6.45, 7) is 5.51. The van der Waals surface area contributed by atoms with Crippen molar-refractivity contribution < 1.29 is 14.0 Å². The Morgan fingerprint density at radius 1 is 1.43 bits per heavy atom. The van der Waals surface area contributed by atoms with E-state index in [1.165, 1.54) is 23.1 Å². The smallest absolute Gasteiger partial charge is 0.250 e. The minimum Gasteiger partial charge on any atom is -0.342 e. The van der Waals surface area contributed by atoms with Crippen LogP contribution >= 0.6 is 15.9 Å². The van der Waals surface area contributed by atoms with Crippen LogP contribution in [0.15, 0.2) is 22.7 Å². The fourth-order valence-corrected chi connectivity index (χ4v) is 2.85. The highest BCUT2D eigenvalue weighted by atomic mass is 79.9. The molecule has 0 saturated carbocycles. The van der Waals surface area contributed by atoms with E-state index in [2.05, 4.69) is 21.2 Å². The van der Waals surface area contributed by atoms with E-state index in [0.29, 0.717) is 10.2 Å². The summed E-state index contributed by atoms with van der Waals surface area (Å²) in [6.07, 6.45) is 0.767. The van der Waals surface area contributed by atoms with Gasteiger partial charge in [-0.2, -0.15) is 0 Å². The fourth-order valence-electron chi connectivity index (χ4n) is 2.41. The second kappa shape index (κ2) is 6.13. The number of hydrogen-bond donors (Lipinski definition) is 1. The van der Waals surface area contributed by atoms with Crippen LogP contribution in [-0.4, -0.2) is 23.9 Å². The van der Waals surface area contributed by atoms with Crippen LogP contribution in [0.3, 0.4) is 0 Å². The molecule has 1 fully saturated rings. The molecule has 6 heteroatoms. The van der Waals surface area contributed by atoms with E-state index in [4.69, 9.17) is 0 Å². The summed E-state index contributed by atoms with van der Waals surface area (Å²) >= 11 is 3.32. The van der Waals surface area contributed by atoms with Gasteiger partial charge in [-0.15, -0.1) is 0 Å². The van der Waals surface area contributed by atoms with Crippen molar-refractivity contribution in [2.24, 2.45) is 5.92 Å². The van der Waals surface area contributed by atoms with Crippen molar-refractivity contribution in [3.05, 3.63) is 28.5 Å².